The standard InChI is InChI=1S/C21H25N3O4S2/c1-23(2)21(26)29-17-12-10-16(11-13-17)22-20(25)18-8-4-5-9-19(18)30(27,28)24-14-6-3-7-15-24/h4-5,8-13H,3,6-7,14-15H2,1-2H3,(H,22,25). The van der Waals surface area contributed by atoms with Gasteiger partial charge in [-0.15, -0.1) is 0 Å². The van der Waals surface area contributed by atoms with Gasteiger partial charge in [0.1, 0.15) is 0 Å². The number of sulfonamides is 1. The van der Waals surface area contributed by atoms with E-state index in [0.717, 1.165) is 35.9 Å². The van der Waals surface area contributed by atoms with Crippen LogP contribution in [0.3, 0.4) is 0 Å². The van der Waals surface area contributed by atoms with E-state index in [1.807, 2.05) is 0 Å². The van der Waals surface area contributed by atoms with Gasteiger partial charge in [-0.3, -0.25) is 9.59 Å². The number of hydrogen-bond donors (Lipinski definition) is 1. The lowest BCUT2D eigenvalue weighted by molar-refractivity contribution is 0.102. The van der Waals surface area contributed by atoms with E-state index in [-0.39, 0.29) is 15.7 Å². The van der Waals surface area contributed by atoms with Crippen molar-refractivity contribution in [1.29, 1.82) is 0 Å². The van der Waals surface area contributed by atoms with Gasteiger partial charge in [-0.25, -0.2) is 8.42 Å². The summed E-state index contributed by atoms with van der Waals surface area (Å²) >= 11 is 1.09. The largest absolute Gasteiger partial charge is 0.339 e. The van der Waals surface area contributed by atoms with Crippen LogP contribution in [0.15, 0.2) is 58.3 Å². The fourth-order valence-corrected chi connectivity index (χ4v) is 5.48. The van der Waals surface area contributed by atoms with Gasteiger partial charge in [0.2, 0.25) is 10.0 Å². The Morgan fingerprint density at radius 3 is 2.23 bits per heavy atom. The molecule has 1 N–H and O–H groups in total. The van der Waals surface area contributed by atoms with Crippen LogP contribution in [0.1, 0.15) is 29.6 Å². The van der Waals surface area contributed by atoms with Crippen LogP contribution in [0, 0.1) is 0 Å². The molecule has 2 aromatic rings. The molecule has 7 nitrogen and oxygen atoms in total. The number of carbonyl (C=O) groups excluding carboxylic acids is 2. The summed E-state index contributed by atoms with van der Waals surface area (Å²) in [6.07, 6.45) is 2.67. The quantitative estimate of drug-likeness (QED) is 0.703. The van der Waals surface area contributed by atoms with E-state index in [9.17, 15) is 18.0 Å². The SMILES string of the molecule is CN(C)C(=O)Sc1ccc(NC(=O)c2ccccc2S(=O)(=O)N2CCCCC2)cc1. The van der Waals surface area contributed by atoms with Gasteiger partial charge in [-0.2, -0.15) is 4.31 Å². The van der Waals surface area contributed by atoms with Crippen molar-refractivity contribution < 1.29 is 18.0 Å². The number of hydrogen-bond acceptors (Lipinski definition) is 5. The number of anilines is 1. The highest BCUT2D eigenvalue weighted by Gasteiger charge is 2.29. The monoisotopic (exact) mass is 447 g/mol. The molecule has 1 aliphatic heterocycles. The number of amides is 2. The van der Waals surface area contributed by atoms with E-state index in [0.29, 0.717) is 18.8 Å². The zero-order valence-corrected chi connectivity index (χ0v) is 18.6. The number of carbonyl (C=O) groups is 2. The van der Waals surface area contributed by atoms with Gasteiger partial charge >= 0.3 is 0 Å². The molecule has 160 valence electrons. The van der Waals surface area contributed by atoms with Crippen molar-refractivity contribution in [1.82, 2.24) is 9.21 Å². The number of piperidine rings is 1. The van der Waals surface area contributed by atoms with Crippen LogP contribution in [0.25, 0.3) is 0 Å². The zero-order chi connectivity index (χ0) is 21.7. The minimum atomic E-state index is -3.73. The summed E-state index contributed by atoms with van der Waals surface area (Å²) in [6.45, 7) is 0.951. The van der Waals surface area contributed by atoms with E-state index in [1.54, 1.807) is 50.5 Å². The fraction of sp³-hybridized carbons (Fsp3) is 0.333. The number of nitrogens with one attached hydrogen (secondary N) is 1. The molecule has 9 heteroatoms. The Labute approximate surface area is 181 Å². The molecule has 1 aliphatic rings. The van der Waals surface area contributed by atoms with Crippen LogP contribution in [0.4, 0.5) is 10.5 Å². The van der Waals surface area contributed by atoms with Crippen LogP contribution in [-0.2, 0) is 10.0 Å². The van der Waals surface area contributed by atoms with E-state index >= 15 is 0 Å². The highest BCUT2D eigenvalue weighted by molar-refractivity contribution is 8.13. The highest BCUT2D eigenvalue weighted by Crippen LogP contribution is 2.26. The number of thioether (sulfide) groups is 1. The van der Waals surface area contributed by atoms with Crippen LogP contribution >= 0.6 is 11.8 Å². The maximum atomic E-state index is 13.1. The molecule has 0 spiro atoms. The molecule has 2 aromatic carbocycles. The second kappa shape index (κ2) is 9.63. The molecule has 0 aromatic heterocycles. The summed E-state index contributed by atoms with van der Waals surface area (Å²) in [7, 11) is -0.372. The molecule has 1 fully saturated rings. The van der Waals surface area contributed by atoms with Gasteiger partial charge < -0.3 is 10.2 Å². The van der Waals surface area contributed by atoms with Crippen molar-refractivity contribution in [2.24, 2.45) is 0 Å². The smallest absolute Gasteiger partial charge is 0.285 e. The van der Waals surface area contributed by atoms with Gasteiger partial charge in [0.25, 0.3) is 11.1 Å². The Kier molecular flexibility index (Phi) is 7.17. The Balaban J connectivity index is 1.77. The van der Waals surface area contributed by atoms with Crippen molar-refractivity contribution >= 4 is 38.6 Å². The fourth-order valence-electron chi connectivity index (χ4n) is 3.12. The summed E-state index contributed by atoms with van der Waals surface area (Å²) in [5, 5.41) is 2.66. The average Bonchev–Trinajstić information content (AvgIpc) is 2.75. The molecule has 3 rings (SSSR count). The van der Waals surface area contributed by atoms with Crippen molar-refractivity contribution in [2.75, 3.05) is 32.5 Å². The summed E-state index contributed by atoms with van der Waals surface area (Å²) in [4.78, 5) is 26.9. The molecule has 0 radical (unpaired) electrons. The second-order valence-electron chi connectivity index (χ2n) is 7.20. The Morgan fingerprint density at radius 2 is 1.60 bits per heavy atom. The van der Waals surface area contributed by atoms with Crippen molar-refractivity contribution in [3.8, 4) is 0 Å². The van der Waals surface area contributed by atoms with Crippen molar-refractivity contribution in [3.63, 3.8) is 0 Å². The molecule has 1 heterocycles. The third-order valence-electron chi connectivity index (χ3n) is 4.75. The number of nitrogens with zero attached hydrogens (tertiary/aromatic N) is 2. The van der Waals surface area contributed by atoms with E-state index in [2.05, 4.69) is 5.32 Å². The lowest BCUT2D eigenvalue weighted by atomic mass is 10.2. The second-order valence-corrected chi connectivity index (χ2v) is 10.1. The molecule has 2 amide bonds. The first-order valence-electron chi connectivity index (χ1n) is 9.69. The molecule has 1 saturated heterocycles. The third kappa shape index (κ3) is 5.21. The predicted octanol–water partition coefficient (Wildman–Crippen LogP) is 3.89. The maximum Gasteiger partial charge on any atom is 0.285 e. The molecular weight excluding hydrogens is 422 g/mol. The maximum absolute atomic E-state index is 13.1. The van der Waals surface area contributed by atoms with E-state index in [1.165, 1.54) is 21.3 Å². The molecule has 0 aliphatic carbocycles. The third-order valence-corrected chi connectivity index (χ3v) is 7.75. The van der Waals surface area contributed by atoms with Gasteiger partial charge in [-0.1, -0.05) is 18.6 Å². The van der Waals surface area contributed by atoms with Crippen LogP contribution in [0.5, 0.6) is 0 Å². The van der Waals surface area contributed by atoms with Gasteiger partial charge in [-0.05, 0) is 61.0 Å². The highest BCUT2D eigenvalue weighted by atomic mass is 32.2. The lowest BCUT2D eigenvalue weighted by Gasteiger charge is -2.26. The molecular formula is C21H25N3O4S2. The predicted molar refractivity (Wildman–Crippen MR) is 118 cm³/mol. The van der Waals surface area contributed by atoms with Crippen molar-refractivity contribution in [2.45, 2.75) is 29.1 Å². The van der Waals surface area contributed by atoms with Gasteiger partial charge in [0.05, 0.1) is 10.5 Å². The molecule has 0 atom stereocenters. The zero-order valence-electron chi connectivity index (χ0n) is 17.0. The summed E-state index contributed by atoms with van der Waals surface area (Å²) in [6, 6.07) is 13.1. The molecule has 0 bridgehead atoms. The normalized spacial score (nSPS) is 14.9. The first kappa shape index (κ1) is 22.3. The lowest BCUT2D eigenvalue weighted by Crippen LogP contribution is -2.36. The van der Waals surface area contributed by atoms with E-state index < -0.39 is 15.9 Å². The van der Waals surface area contributed by atoms with Gasteiger partial charge in [0, 0.05) is 37.8 Å². The molecule has 0 unspecified atom stereocenters. The van der Waals surface area contributed by atoms with Crippen LogP contribution in [0.2, 0.25) is 0 Å². The Morgan fingerprint density at radius 1 is 0.967 bits per heavy atom. The summed E-state index contributed by atoms with van der Waals surface area (Å²) < 4.78 is 27.6. The summed E-state index contributed by atoms with van der Waals surface area (Å²) in [5.74, 6) is -0.490. The summed E-state index contributed by atoms with van der Waals surface area (Å²) in [5.41, 5.74) is 0.635. The number of rotatable bonds is 5. The van der Waals surface area contributed by atoms with Crippen LogP contribution in [-0.4, -0.2) is 56.0 Å². The average molecular weight is 448 g/mol. The molecule has 0 saturated carbocycles. The minimum Gasteiger partial charge on any atom is -0.339 e. The Bertz CT molecular complexity index is 1010. The minimum absolute atomic E-state index is 0.0214. The first-order valence-corrected chi connectivity index (χ1v) is 11.9. The van der Waals surface area contributed by atoms with Crippen molar-refractivity contribution in [3.05, 3.63) is 54.1 Å². The number of benzene rings is 2. The van der Waals surface area contributed by atoms with E-state index in [4.69, 9.17) is 0 Å². The molecule has 30 heavy (non-hydrogen) atoms. The Hall–Kier alpha value is -2.36. The van der Waals surface area contributed by atoms with Crippen LogP contribution < -0.4 is 5.32 Å². The first-order chi connectivity index (χ1) is 14.3. The topological polar surface area (TPSA) is 86.8 Å². The van der Waals surface area contributed by atoms with Gasteiger partial charge in [0.15, 0.2) is 0 Å².